The maximum Gasteiger partial charge on any atom is 0.495 e. The van der Waals surface area contributed by atoms with Gasteiger partial charge in [0.1, 0.15) is 10.3 Å². The summed E-state index contributed by atoms with van der Waals surface area (Å²) in [5, 5.41) is 8.27. The number of carbonyl (C=O) groups is 2. The predicted molar refractivity (Wildman–Crippen MR) is 274 cm³/mol. The summed E-state index contributed by atoms with van der Waals surface area (Å²) in [5.74, 6) is -1.20. The molecule has 0 saturated carbocycles. The van der Waals surface area contributed by atoms with E-state index in [0.717, 1.165) is 3.57 Å². The van der Waals surface area contributed by atoms with Gasteiger partial charge in [0.15, 0.2) is 0 Å². The number of carbonyl (C=O) groups excluding carboxylic acids is 2. The predicted octanol–water partition coefficient (Wildman–Crippen LogP) is 14.3. The lowest BCUT2D eigenvalue weighted by Crippen LogP contribution is -2.51. The molecule has 0 amide bonds. The van der Waals surface area contributed by atoms with Crippen LogP contribution >= 0.6 is 45.8 Å². The van der Waals surface area contributed by atoms with Crippen LogP contribution in [0.3, 0.4) is 0 Å². The van der Waals surface area contributed by atoms with Crippen LogP contribution in [-0.2, 0) is 30.1 Å². The first-order chi connectivity index (χ1) is 36.6. The standard InChI is InChI=1S/C22H17ClF7N3O2.C17H20BF7O2.C11H9ClIN3O2/c1-4-35-19(34)16-7-15(9-31-18(16)23)33-10-13(8-32-33)17-11(2)5-14(6-12(17)3)20(24,21(25,26)27)22(28,29)30;1-9-7-11(15(19,16(20,21)22)17(23,24)25)8-10(2)12(9)18-26-13(3,4)14(5,6)27-18;1-2-18-11(17)9-3-8(5-14-10(9)12)16-6-7(13)4-15-16/h5-10H,4H2,1-3H3;7-8H,1-6H3;3-6H,2H2,1H3. The zero-order valence-electron chi connectivity index (χ0n) is 43.5. The molecule has 5 heterocycles. The Morgan fingerprint density at radius 3 is 1.26 bits per heavy atom. The monoisotopic (exact) mass is 1300 g/mol. The molecular formula is C50H46BCl2F14IN6O6. The summed E-state index contributed by atoms with van der Waals surface area (Å²) < 4.78 is 211. The summed E-state index contributed by atoms with van der Waals surface area (Å²) in [7, 11) is -0.991. The summed E-state index contributed by atoms with van der Waals surface area (Å²) in [4.78, 5) is 31.6. The minimum absolute atomic E-state index is 0.0130. The van der Waals surface area contributed by atoms with Crippen LogP contribution in [0.1, 0.15) is 95.6 Å². The molecule has 0 spiro atoms. The van der Waals surface area contributed by atoms with E-state index in [4.69, 9.17) is 42.0 Å². The summed E-state index contributed by atoms with van der Waals surface area (Å²) >= 11 is 14.0. The number of nitrogens with zero attached hydrogens (tertiary/aromatic N) is 6. The minimum Gasteiger partial charge on any atom is -0.462 e. The van der Waals surface area contributed by atoms with Gasteiger partial charge in [-0.05, 0) is 126 Å². The van der Waals surface area contributed by atoms with Gasteiger partial charge in [0, 0.05) is 29.1 Å². The molecule has 434 valence electrons. The van der Waals surface area contributed by atoms with Crippen LogP contribution in [0.25, 0.3) is 22.5 Å². The van der Waals surface area contributed by atoms with E-state index in [1.807, 2.05) is 6.20 Å². The molecule has 1 aliphatic rings. The van der Waals surface area contributed by atoms with E-state index in [1.54, 1.807) is 64.7 Å². The van der Waals surface area contributed by atoms with Gasteiger partial charge >= 0.3 is 55.1 Å². The highest BCUT2D eigenvalue weighted by Gasteiger charge is 2.74. The van der Waals surface area contributed by atoms with Crippen molar-refractivity contribution in [2.75, 3.05) is 13.2 Å². The Morgan fingerprint density at radius 1 is 0.575 bits per heavy atom. The third-order valence-electron chi connectivity index (χ3n) is 12.6. The lowest BCUT2D eigenvalue weighted by molar-refractivity contribution is -0.349. The zero-order valence-corrected chi connectivity index (χ0v) is 47.1. The van der Waals surface area contributed by atoms with Crippen molar-refractivity contribution in [2.24, 2.45) is 0 Å². The fourth-order valence-corrected chi connectivity index (χ4v) is 8.71. The maximum atomic E-state index is 14.5. The molecule has 1 aliphatic heterocycles. The molecule has 0 aliphatic carbocycles. The van der Waals surface area contributed by atoms with Gasteiger partial charge < -0.3 is 18.8 Å². The molecule has 30 heteroatoms. The summed E-state index contributed by atoms with van der Waals surface area (Å²) in [6.45, 7) is 15.9. The van der Waals surface area contributed by atoms with Crippen LogP contribution in [0.4, 0.5) is 61.5 Å². The highest BCUT2D eigenvalue weighted by molar-refractivity contribution is 14.1. The topological polar surface area (TPSA) is 132 Å². The van der Waals surface area contributed by atoms with Crippen LogP contribution in [-0.4, -0.2) is 97.7 Å². The van der Waals surface area contributed by atoms with E-state index in [0.29, 0.717) is 42.1 Å². The SMILES string of the molecule is CCOC(=O)c1cc(-n2cc(-c3c(C)cc(C(F)(C(F)(F)F)C(F)(F)F)cc3C)cn2)cnc1Cl.CCOC(=O)c1cc(-n2cc(I)cn2)cnc1Cl.Cc1cc(C(F)(C(F)(F)F)C(F)(F)F)cc(C)c1B1OC(C)(C)C(C)(C)O1. The lowest BCUT2D eigenvalue weighted by atomic mass is 9.72. The van der Waals surface area contributed by atoms with Gasteiger partial charge in [0.2, 0.25) is 0 Å². The Hall–Kier alpha value is -5.59. The molecule has 0 unspecified atom stereocenters. The quantitative estimate of drug-likeness (QED) is 0.0429. The van der Waals surface area contributed by atoms with Crippen LogP contribution < -0.4 is 5.46 Å². The molecule has 1 fully saturated rings. The van der Waals surface area contributed by atoms with Crippen molar-refractivity contribution < 1.29 is 89.8 Å². The number of halogens is 17. The van der Waals surface area contributed by atoms with Crippen LogP contribution in [0.2, 0.25) is 10.3 Å². The first-order valence-electron chi connectivity index (χ1n) is 23.2. The van der Waals surface area contributed by atoms with E-state index in [1.165, 1.54) is 57.0 Å². The minimum atomic E-state index is -6.21. The van der Waals surface area contributed by atoms with E-state index >= 15 is 0 Å². The first-order valence-corrected chi connectivity index (χ1v) is 25.1. The number of hydrogen-bond donors (Lipinski definition) is 0. The van der Waals surface area contributed by atoms with Gasteiger partial charge in [-0.3, -0.25) is 0 Å². The zero-order chi connectivity index (χ0) is 60.7. The first kappa shape index (κ1) is 65.2. The van der Waals surface area contributed by atoms with Crippen molar-refractivity contribution >= 4 is 70.3 Å². The molecule has 0 radical (unpaired) electrons. The van der Waals surface area contributed by atoms with Crippen molar-refractivity contribution in [3.63, 3.8) is 0 Å². The number of hydrogen-bond acceptors (Lipinski definition) is 10. The smallest absolute Gasteiger partial charge is 0.462 e. The largest absolute Gasteiger partial charge is 0.495 e. The van der Waals surface area contributed by atoms with Gasteiger partial charge in [-0.25, -0.2) is 37.7 Å². The number of alkyl halides is 14. The van der Waals surface area contributed by atoms with E-state index in [2.05, 4.69) is 42.8 Å². The van der Waals surface area contributed by atoms with Crippen molar-refractivity contribution in [2.45, 2.75) is 116 Å². The third-order valence-corrected chi connectivity index (χ3v) is 13.7. The van der Waals surface area contributed by atoms with Gasteiger partial charge in [0.25, 0.3) is 0 Å². The van der Waals surface area contributed by atoms with Crippen molar-refractivity contribution in [3.8, 4) is 22.5 Å². The molecule has 80 heavy (non-hydrogen) atoms. The number of rotatable bonds is 10. The summed E-state index contributed by atoms with van der Waals surface area (Å²) in [6, 6.07) is 5.10. The Labute approximate surface area is 471 Å². The molecule has 6 aromatic rings. The molecule has 2 aromatic carbocycles. The fraction of sp³-hybridized carbons (Fsp3) is 0.400. The molecule has 0 N–H and O–H groups in total. The second kappa shape index (κ2) is 23.7. The molecule has 0 atom stereocenters. The number of benzene rings is 2. The Bertz CT molecular complexity index is 3170. The normalized spacial score (nSPS) is 14.7. The van der Waals surface area contributed by atoms with Crippen molar-refractivity contribution in [1.29, 1.82) is 0 Å². The Balaban J connectivity index is 0.000000232. The van der Waals surface area contributed by atoms with Crippen LogP contribution in [0.5, 0.6) is 0 Å². The van der Waals surface area contributed by atoms with Crippen LogP contribution in [0, 0.1) is 31.3 Å². The van der Waals surface area contributed by atoms with Crippen molar-refractivity contribution in [3.05, 3.63) is 132 Å². The molecule has 0 bridgehead atoms. The second-order valence-corrected chi connectivity index (χ2v) is 20.6. The molecule has 7 rings (SSSR count). The van der Waals surface area contributed by atoms with E-state index < -0.39 is 77.4 Å². The van der Waals surface area contributed by atoms with Crippen molar-refractivity contribution in [1.82, 2.24) is 29.5 Å². The highest BCUT2D eigenvalue weighted by Crippen LogP contribution is 2.55. The molecular weight excluding hydrogens is 1260 g/mol. The van der Waals surface area contributed by atoms with E-state index in [9.17, 15) is 71.1 Å². The number of pyridine rings is 2. The second-order valence-electron chi connectivity index (χ2n) is 18.7. The van der Waals surface area contributed by atoms with Gasteiger partial charge in [-0.2, -0.15) is 62.9 Å². The molecule has 1 saturated heterocycles. The third kappa shape index (κ3) is 13.2. The molecule has 4 aromatic heterocycles. The average Bonchev–Trinajstić information content (AvgIpc) is 4.04. The van der Waals surface area contributed by atoms with Crippen LogP contribution in [0.15, 0.2) is 73.6 Å². The number of aryl methyl sites for hydroxylation is 4. The van der Waals surface area contributed by atoms with Gasteiger partial charge in [-0.15, -0.1) is 0 Å². The Kier molecular flexibility index (Phi) is 19.3. The summed E-state index contributed by atoms with van der Waals surface area (Å²) in [5.41, 5.74) is -13.6. The highest BCUT2D eigenvalue weighted by atomic mass is 127. The fourth-order valence-electron chi connectivity index (χ4n) is 7.96. The number of ether oxygens (including phenoxy) is 2. The number of aromatic nitrogens is 6. The van der Waals surface area contributed by atoms with Gasteiger partial charge in [-0.1, -0.05) is 58.6 Å². The number of esters is 2. The maximum absolute atomic E-state index is 14.5. The van der Waals surface area contributed by atoms with E-state index in [-0.39, 0.29) is 67.0 Å². The average molecular weight is 1300 g/mol. The van der Waals surface area contributed by atoms with Gasteiger partial charge in [0.05, 0.1) is 75.3 Å². The summed E-state index contributed by atoms with van der Waals surface area (Å²) in [6.07, 6.45) is -15.6. The lowest BCUT2D eigenvalue weighted by Gasteiger charge is -2.32. The molecule has 12 nitrogen and oxygen atoms in total. The Morgan fingerprint density at radius 2 is 0.925 bits per heavy atom.